The number of ether oxygens (including phenoxy) is 3. The van der Waals surface area contributed by atoms with Crippen molar-refractivity contribution in [3.63, 3.8) is 0 Å². The van der Waals surface area contributed by atoms with Gasteiger partial charge >= 0.3 is 5.97 Å². The van der Waals surface area contributed by atoms with Crippen molar-refractivity contribution in [3.05, 3.63) is 54.2 Å². The molecule has 0 unspecified atom stereocenters. The Kier molecular flexibility index (Phi) is 5.07. The number of hydrogen-bond donors (Lipinski definition) is 2. The largest absolute Gasteiger partial charge is 0.507 e. The van der Waals surface area contributed by atoms with E-state index in [0.717, 1.165) is 0 Å². The van der Waals surface area contributed by atoms with Crippen molar-refractivity contribution in [2.24, 2.45) is 0 Å². The first kappa shape index (κ1) is 17.3. The number of carbonyl (C=O) groups excluding carboxylic acids is 1. The van der Waals surface area contributed by atoms with Crippen LogP contribution in [0.15, 0.2) is 48.7 Å². The molecule has 2 aromatic carbocycles. The number of phenols is 1. The minimum atomic E-state index is -0.417. The van der Waals surface area contributed by atoms with Crippen LogP contribution < -0.4 is 9.47 Å². The topological polar surface area (TPSA) is 93.7 Å². The molecule has 0 amide bonds. The third-order valence-corrected chi connectivity index (χ3v) is 3.66. The maximum Gasteiger partial charge on any atom is 0.337 e. The predicted molar refractivity (Wildman–Crippen MR) is 94.7 cm³/mol. The summed E-state index contributed by atoms with van der Waals surface area (Å²) >= 11 is 0. The Labute approximate surface area is 150 Å². The van der Waals surface area contributed by atoms with Crippen LogP contribution in [-0.2, 0) is 4.74 Å². The predicted octanol–water partition coefficient (Wildman–Crippen LogP) is 3.76. The highest BCUT2D eigenvalue weighted by atomic mass is 16.5. The standard InChI is InChI=1S/C19H18N2O5/c1-3-25-14-8-9-15(16(22)10-14)18-17(11-20-21-18)26-13-6-4-12(5-7-13)19(23)24-2/h4-11,22H,3H2,1-2H3,(H,20,21). The van der Waals surface area contributed by atoms with E-state index in [-0.39, 0.29) is 5.75 Å². The van der Waals surface area contributed by atoms with Gasteiger partial charge in [0.05, 0.1) is 25.5 Å². The van der Waals surface area contributed by atoms with E-state index in [1.165, 1.54) is 19.4 Å². The summed E-state index contributed by atoms with van der Waals surface area (Å²) in [6, 6.07) is 11.5. The molecular weight excluding hydrogens is 336 g/mol. The van der Waals surface area contributed by atoms with Crippen molar-refractivity contribution >= 4 is 5.97 Å². The first-order chi connectivity index (χ1) is 12.6. The molecule has 7 heteroatoms. The van der Waals surface area contributed by atoms with Gasteiger partial charge in [0.1, 0.15) is 22.9 Å². The van der Waals surface area contributed by atoms with Crippen LogP contribution in [0.3, 0.4) is 0 Å². The van der Waals surface area contributed by atoms with E-state index in [9.17, 15) is 9.90 Å². The van der Waals surface area contributed by atoms with Crippen LogP contribution in [0.2, 0.25) is 0 Å². The van der Waals surface area contributed by atoms with Crippen LogP contribution >= 0.6 is 0 Å². The Hall–Kier alpha value is -3.48. The van der Waals surface area contributed by atoms with E-state index in [1.54, 1.807) is 36.4 Å². The molecule has 7 nitrogen and oxygen atoms in total. The zero-order chi connectivity index (χ0) is 18.5. The summed E-state index contributed by atoms with van der Waals surface area (Å²) in [5.74, 6) is 1.17. The fourth-order valence-corrected chi connectivity index (χ4v) is 2.43. The number of H-pyrrole nitrogens is 1. The van der Waals surface area contributed by atoms with Crippen LogP contribution in [0.5, 0.6) is 23.0 Å². The molecule has 0 aliphatic carbocycles. The second-order valence-electron chi connectivity index (χ2n) is 5.34. The maximum atomic E-state index is 11.5. The number of rotatable bonds is 6. The van der Waals surface area contributed by atoms with Gasteiger partial charge in [-0.15, -0.1) is 0 Å². The summed E-state index contributed by atoms with van der Waals surface area (Å²) in [5.41, 5.74) is 1.49. The molecule has 0 atom stereocenters. The van der Waals surface area contributed by atoms with Gasteiger partial charge in [-0.3, -0.25) is 5.10 Å². The molecule has 1 heterocycles. The van der Waals surface area contributed by atoms with Gasteiger partial charge in [-0.25, -0.2) is 4.79 Å². The molecule has 2 N–H and O–H groups in total. The molecule has 0 aliphatic heterocycles. The number of methoxy groups -OCH3 is 1. The SMILES string of the molecule is CCOc1ccc(-c2[nH]ncc2Oc2ccc(C(=O)OC)cc2)c(O)c1. The molecule has 0 saturated carbocycles. The second-order valence-corrected chi connectivity index (χ2v) is 5.34. The molecule has 3 rings (SSSR count). The number of nitrogens with one attached hydrogen (secondary N) is 1. The van der Waals surface area contributed by atoms with Crippen molar-refractivity contribution < 1.29 is 24.1 Å². The minimum Gasteiger partial charge on any atom is -0.507 e. The molecule has 1 aromatic heterocycles. The second kappa shape index (κ2) is 7.60. The lowest BCUT2D eigenvalue weighted by molar-refractivity contribution is 0.0600. The van der Waals surface area contributed by atoms with Crippen LogP contribution in [0.1, 0.15) is 17.3 Å². The molecular formula is C19H18N2O5. The highest BCUT2D eigenvalue weighted by Gasteiger charge is 2.15. The normalized spacial score (nSPS) is 10.4. The molecule has 26 heavy (non-hydrogen) atoms. The van der Waals surface area contributed by atoms with E-state index in [4.69, 9.17) is 9.47 Å². The van der Waals surface area contributed by atoms with E-state index < -0.39 is 5.97 Å². The van der Waals surface area contributed by atoms with Gasteiger partial charge < -0.3 is 19.3 Å². The Balaban J connectivity index is 1.84. The summed E-state index contributed by atoms with van der Waals surface area (Å²) in [6.07, 6.45) is 1.51. The highest BCUT2D eigenvalue weighted by Crippen LogP contribution is 2.37. The molecule has 0 spiro atoms. The summed E-state index contributed by atoms with van der Waals surface area (Å²) in [4.78, 5) is 11.5. The fraction of sp³-hybridized carbons (Fsp3) is 0.158. The van der Waals surface area contributed by atoms with Gasteiger partial charge in [-0.2, -0.15) is 5.10 Å². The Bertz CT molecular complexity index is 903. The summed E-state index contributed by atoms with van der Waals surface area (Å²) in [5, 5.41) is 17.1. The molecule has 0 saturated heterocycles. The number of nitrogens with zero attached hydrogens (tertiary/aromatic N) is 1. The molecule has 0 aliphatic rings. The van der Waals surface area contributed by atoms with Crippen molar-refractivity contribution in [1.29, 1.82) is 0 Å². The number of aromatic nitrogens is 2. The zero-order valence-electron chi connectivity index (χ0n) is 14.4. The zero-order valence-corrected chi connectivity index (χ0v) is 14.4. The quantitative estimate of drug-likeness (QED) is 0.655. The highest BCUT2D eigenvalue weighted by molar-refractivity contribution is 5.89. The smallest absolute Gasteiger partial charge is 0.337 e. The van der Waals surface area contributed by atoms with Crippen LogP contribution in [0.25, 0.3) is 11.3 Å². The van der Waals surface area contributed by atoms with E-state index in [2.05, 4.69) is 14.9 Å². The third kappa shape index (κ3) is 3.61. The lowest BCUT2D eigenvalue weighted by atomic mass is 10.1. The summed E-state index contributed by atoms with van der Waals surface area (Å²) in [6.45, 7) is 2.38. The summed E-state index contributed by atoms with van der Waals surface area (Å²) in [7, 11) is 1.33. The third-order valence-electron chi connectivity index (χ3n) is 3.66. The molecule has 0 radical (unpaired) electrons. The minimum absolute atomic E-state index is 0.0473. The number of phenolic OH excluding ortho intramolecular Hbond substituents is 1. The average Bonchev–Trinajstić information content (AvgIpc) is 3.10. The van der Waals surface area contributed by atoms with Crippen LogP contribution in [0, 0.1) is 0 Å². The number of benzene rings is 2. The van der Waals surface area contributed by atoms with Gasteiger partial charge in [0, 0.05) is 11.6 Å². The van der Waals surface area contributed by atoms with Gasteiger partial charge in [-0.1, -0.05) is 0 Å². The fourth-order valence-electron chi connectivity index (χ4n) is 2.43. The first-order valence-corrected chi connectivity index (χ1v) is 7.98. The maximum absolute atomic E-state index is 11.5. The van der Waals surface area contributed by atoms with Crippen molar-refractivity contribution in [3.8, 4) is 34.3 Å². The van der Waals surface area contributed by atoms with E-state index >= 15 is 0 Å². The first-order valence-electron chi connectivity index (χ1n) is 7.98. The Morgan fingerprint density at radius 3 is 2.54 bits per heavy atom. The Morgan fingerprint density at radius 2 is 1.88 bits per heavy atom. The Morgan fingerprint density at radius 1 is 1.15 bits per heavy atom. The van der Waals surface area contributed by atoms with E-state index in [1.807, 2.05) is 6.92 Å². The van der Waals surface area contributed by atoms with Gasteiger partial charge in [0.2, 0.25) is 0 Å². The van der Waals surface area contributed by atoms with Crippen LogP contribution in [0.4, 0.5) is 0 Å². The number of esters is 1. The van der Waals surface area contributed by atoms with Gasteiger partial charge in [0.25, 0.3) is 0 Å². The number of aromatic amines is 1. The lowest BCUT2D eigenvalue weighted by Crippen LogP contribution is -2.00. The molecule has 134 valence electrons. The molecule has 0 fully saturated rings. The number of carbonyl (C=O) groups is 1. The lowest BCUT2D eigenvalue weighted by Gasteiger charge is -2.09. The summed E-state index contributed by atoms with van der Waals surface area (Å²) < 4.78 is 15.9. The number of hydrogen-bond acceptors (Lipinski definition) is 6. The van der Waals surface area contributed by atoms with E-state index in [0.29, 0.717) is 40.7 Å². The van der Waals surface area contributed by atoms with Crippen molar-refractivity contribution in [1.82, 2.24) is 10.2 Å². The van der Waals surface area contributed by atoms with Crippen molar-refractivity contribution in [2.75, 3.05) is 13.7 Å². The molecule has 0 bridgehead atoms. The van der Waals surface area contributed by atoms with Crippen molar-refractivity contribution in [2.45, 2.75) is 6.92 Å². The number of aromatic hydroxyl groups is 1. The van der Waals surface area contributed by atoms with Crippen LogP contribution in [-0.4, -0.2) is 35.0 Å². The van der Waals surface area contributed by atoms with Gasteiger partial charge in [0.15, 0.2) is 5.75 Å². The molecule has 3 aromatic rings. The average molecular weight is 354 g/mol. The monoisotopic (exact) mass is 354 g/mol. The van der Waals surface area contributed by atoms with Gasteiger partial charge in [-0.05, 0) is 43.3 Å².